The second kappa shape index (κ2) is 5.97. The van der Waals surface area contributed by atoms with E-state index >= 15 is 0 Å². The molecule has 0 aliphatic carbocycles. The van der Waals surface area contributed by atoms with Gasteiger partial charge in [-0.1, -0.05) is 0 Å². The molecule has 0 radical (unpaired) electrons. The molecular weight excluding hydrogens is 230 g/mol. The first-order valence-corrected chi connectivity index (χ1v) is 6.77. The van der Waals surface area contributed by atoms with Crippen LogP contribution in [0.3, 0.4) is 0 Å². The van der Waals surface area contributed by atoms with E-state index in [1.807, 2.05) is 6.92 Å². The molecule has 0 saturated heterocycles. The Morgan fingerprint density at radius 1 is 1.56 bits per heavy atom. The van der Waals surface area contributed by atoms with Gasteiger partial charge in [-0.25, -0.2) is 13.1 Å². The van der Waals surface area contributed by atoms with E-state index in [0.717, 1.165) is 17.7 Å². The van der Waals surface area contributed by atoms with E-state index < -0.39 is 10.0 Å². The average Bonchev–Trinajstić information content (AvgIpc) is 2.59. The summed E-state index contributed by atoms with van der Waals surface area (Å²) in [6, 6.07) is 0. The maximum absolute atomic E-state index is 11.2. The third-order valence-electron chi connectivity index (χ3n) is 2.24. The van der Waals surface area contributed by atoms with E-state index in [4.69, 9.17) is 5.11 Å². The summed E-state index contributed by atoms with van der Waals surface area (Å²) < 4.78 is 24.8. The van der Waals surface area contributed by atoms with E-state index in [2.05, 4.69) is 14.9 Å². The molecule has 16 heavy (non-hydrogen) atoms. The Labute approximate surface area is 95.1 Å². The van der Waals surface area contributed by atoms with E-state index in [1.54, 1.807) is 6.20 Å². The van der Waals surface area contributed by atoms with Crippen LogP contribution in [0.25, 0.3) is 0 Å². The van der Waals surface area contributed by atoms with Crippen LogP contribution in [0.4, 0.5) is 0 Å². The van der Waals surface area contributed by atoms with Gasteiger partial charge in [0.05, 0.1) is 18.6 Å². The van der Waals surface area contributed by atoms with Crippen LogP contribution < -0.4 is 4.72 Å². The van der Waals surface area contributed by atoms with Crippen LogP contribution >= 0.6 is 0 Å². The zero-order chi connectivity index (χ0) is 12.0. The molecule has 0 atom stereocenters. The normalized spacial score (nSPS) is 11.9. The number of nitrogens with zero attached hydrogens (tertiary/aromatic N) is 1. The van der Waals surface area contributed by atoms with Gasteiger partial charge in [-0.05, 0) is 25.3 Å². The van der Waals surface area contributed by atoms with Crippen molar-refractivity contribution in [1.82, 2.24) is 14.9 Å². The van der Waals surface area contributed by atoms with Crippen LogP contribution in [0.2, 0.25) is 0 Å². The van der Waals surface area contributed by atoms with Crippen LogP contribution in [-0.2, 0) is 16.4 Å². The van der Waals surface area contributed by atoms with Gasteiger partial charge in [0.15, 0.2) is 0 Å². The minimum Gasteiger partial charge on any atom is -0.395 e. The Balaban J connectivity index is 2.25. The lowest BCUT2D eigenvalue weighted by atomic mass is 10.1. The number of aliphatic hydroxyl groups is 1. The molecule has 0 unspecified atom stereocenters. The predicted molar refractivity (Wildman–Crippen MR) is 60.5 cm³/mol. The zero-order valence-corrected chi connectivity index (χ0v) is 10.0. The molecule has 1 aromatic heterocycles. The van der Waals surface area contributed by atoms with Crippen molar-refractivity contribution in [2.24, 2.45) is 0 Å². The fraction of sp³-hybridized carbons (Fsp3) is 0.667. The number of aromatic nitrogens is 2. The fourth-order valence-corrected chi connectivity index (χ4v) is 2.17. The smallest absolute Gasteiger partial charge is 0.213 e. The fourth-order valence-electron chi connectivity index (χ4n) is 1.33. The number of aryl methyl sites for hydroxylation is 2. The molecule has 6 nitrogen and oxygen atoms in total. The lowest BCUT2D eigenvalue weighted by molar-refractivity contribution is 0.319. The summed E-state index contributed by atoms with van der Waals surface area (Å²) in [4.78, 5) is 0. The van der Waals surface area contributed by atoms with Crippen molar-refractivity contribution >= 4 is 10.0 Å². The second-order valence-corrected chi connectivity index (χ2v) is 5.49. The van der Waals surface area contributed by atoms with Crippen molar-refractivity contribution in [3.05, 3.63) is 17.5 Å². The van der Waals surface area contributed by atoms with Crippen molar-refractivity contribution in [3.8, 4) is 0 Å². The average molecular weight is 247 g/mol. The monoisotopic (exact) mass is 247 g/mol. The van der Waals surface area contributed by atoms with Gasteiger partial charge in [0.1, 0.15) is 0 Å². The Kier molecular flexibility index (Phi) is 4.91. The molecule has 0 aromatic carbocycles. The van der Waals surface area contributed by atoms with Crippen LogP contribution in [-0.4, -0.2) is 42.6 Å². The summed E-state index contributed by atoms with van der Waals surface area (Å²) in [7, 11) is -3.31. The standard InChI is InChI=1S/C9H17N3O3S/c1-8-9(7-10-12-8)3-2-4-11-16(14,15)6-5-13/h7,11,13H,2-6H2,1H3,(H,10,12). The van der Waals surface area contributed by atoms with Gasteiger partial charge in [0.25, 0.3) is 0 Å². The predicted octanol–water partition coefficient (Wildman–Crippen LogP) is -0.438. The van der Waals surface area contributed by atoms with Gasteiger partial charge in [0, 0.05) is 12.2 Å². The largest absolute Gasteiger partial charge is 0.395 e. The summed E-state index contributed by atoms with van der Waals surface area (Å²) in [6.45, 7) is 1.96. The van der Waals surface area contributed by atoms with Crippen molar-refractivity contribution in [2.75, 3.05) is 18.9 Å². The topological polar surface area (TPSA) is 95.1 Å². The van der Waals surface area contributed by atoms with Crippen LogP contribution in [0, 0.1) is 6.92 Å². The minimum atomic E-state index is -3.31. The maximum atomic E-state index is 11.2. The second-order valence-electron chi connectivity index (χ2n) is 3.56. The lowest BCUT2D eigenvalue weighted by Crippen LogP contribution is -2.28. The highest BCUT2D eigenvalue weighted by Crippen LogP contribution is 2.05. The van der Waals surface area contributed by atoms with Crippen molar-refractivity contribution in [1.29, 1.82) is 0 Å². The Morgan fingerprint density at radius 3 is 2.88 bits per heavy atom. The molecule has 1 rings (SSSR count). The summed E-state index contributed by atoms with van der Waals surface area (Å²) in [6.07, 6.45) is 3.24. The molecule has 1 aromatic rings. The van der Waals surface area contributed by atoms with E-state index in [-0.39, 0.29) is 12.4 Å². The SMILES string of the molecule is Cc1[nH]ncc1CCCNS(=O)(=O)CCO. The number of aliphatic hydroxyl groups excluding tert-OH is 1. The highest BCUT2D eigenvalue weighted by Gasteiger charge is 2.08. The van der Waals surface area contributed by atoms with Crippen molar-refractivity contribution < 1.29 is 13.5 Å². The molecule has 3 N–H and O–H groups in total. The van der Waals surface area contributed by atoms with Crippen molar-refractivity contribution in [3.63, 3.8) is 0 Å². The van der Waals surface area contributed by atoms with Crippen LogP contribution in [0.1, 0.15) is 17.7 Å². The minimum absolute atomic E-state index is 0.238. The molecule has 0 saturated carbocycles. The van der Waals surface area contributed by atoms with Gasteiger partial charge >= 0.3 is 0 Å². The third kappa shape index (κ3) is 4.30. The molecule has 92 valence electrons. The molecule has 0 bridgehead atoms. The molecule has 0 amide bonds. The molecule has 7 heteroatoms. The van der Waals surface area contributed by atoms with Gasteiger partial charge in [-0.2, -0.15) is 5.10 Å². The number of aromatic amines is 1. The Bertz CT molecular complexity index is 413. The number of hydrogen-bond acceptors (Lipinski definition) is 4. The lowest BCUT2D eigenvalue weighted by Gasteiger charge is -2.04. The highest BCUT2D eigenvalue weighted by molar-refractivity contribution is 7.89. The van der Waals surface area contributed by atoms with Gasteiger partial charge in [-0.3, -0.25) is 5.10 Å². The number of hydrogen-bond donors (Lipinski definition) is 3. The molecule has 0 aliphatic heterocycles. The van der Waals surface area contributed by atoms with Gasteiger partial charge in [0.2, 0.25) is 10.0 Å². The third-order valence-corrected chi connectivity index (χ3v) is 3.60. The van der Waals surface area contributed by atoms with E-state index in [0.29, 0.717) is 13.0 Å². The highest BCUT2D eigenvalue weighted by atomic mass is 32.2. The first-order chi connectivity index (χ1) is 7.55. The van der Waals surface area contributed by atoms with Crippen LogP contribution in [0.5, 0.6) is 0 Å². The van der Waals surface area contributed by atoms with Gasteiger partial charge in [-0.15, -0.1) is 0 Å². The summed E-state index contributed by atoms with van der Waals surface area (Å²) in [5, 5.41) is 15.2. The number of sulfonamides is 1. The summed E-state index contributed by atoms with van der Waals surface area (Å²) in [5.41, 5.74) is 2.11. The Hall–Kier alpha value is -0.920. The van der Waals surface area contributed by atoms with Crippen LogP contribution in [0.15, 0.2) is 6.20 Å². The molecule has 1 heterocycles. The number of H-pyrrole nitrogens is 1. The summed E-state index contributed by atoms with van der Waals surface area (Å²) >= 11 is 0. The number of rotatable bonds is 7. The number of nitrogens with one attached hydrogen (secondary N) is 2. The quantitative estimate of drug-likeness (QED) is 0.569. The van der Waals surface area contributed by atoms with Crippen molar-refractivity contribution in [2.45, 2.75) is 19.8 Å². The molecule has 0 spiro atoms. The molecule has 0 fully saturated rings. The maximum Gasteiger partial charge on any atom is 0.213 e. The summed E-state index contributed by atoms with van der Waals surface area (Å²) in [5.74, 6) is -0.238. The molecular formula is C9H17N3O3S. The Morgan fingerprint density at radius 2 is 2.31 bits per heavy atom. The van der Waals surface area contributed by atoms with E-state index in [1.165, 1.54) is 0 Å². The zero-order valence-electron chi connectivity index (χ0n) is 9.23. The first-order valence-electron chi connectivity index (χ1n) is 5.12. The first kappa shape index (κ1) is 13.1. The molecule has 0 aliphatic rings. The van der Waals surface area contributed by atoms with Gasteiger partial charge < -0.3 is 5.11 Å². The van der Waals surface area contributed by atoms with E-state index in [9.17, 15) is 8.42 Å².